The van der Waals surface area contributed by atoms with Gasteiger partial charge in [-0.15, -0.1) is 0 Å². The molecular formula is C12H26N2O8P2. The maximum Gasteiger partial charge on any atom is 0.373 e. The van der Waals surface area contributed by atoms with Crippen LogP contribution in [0.3, 0.4) is 0 Å². The zero-order chi connectivity index (χ0) is 18.6. The molecule has 142 valence electrons. The minimum Gasteiger partial charge on any atom is -0.410 e. The van der Waals surface area contributed by atoms with E-state index in [1.165, 1.54) is 0 Å². The molecule has 6 N–H and O–H groups in total. The van der Waals surface area contributed by atoms with E-state index in [9.17, 15) is 9.13 Å². The van der Waals surface area contributed by atoms with Gasteiger partial charge in [-0.2, -0.15) is 0 Å². The third kappa shape index (κ3) is 10.9. The predicted molar refractivity (Wildman–Crippen MR) is 88.7 cm³/mol. The monoisotopic (exact) mass is 388 g/mol. The van der Waals surface area contributed by atoms with E-state index in [2.05, 4.69) is 10.3 Å². The van der Waals surface area contributed by atoms with E-state index in [0.717, 1.165) is 38.5 Å². The highest BCUT2D eigenvalue weighted by molar-refractivity contribution is 7.70. The van der Waals surface area contributed by atoms with Crippen LogP contribution in [0, 0.1) is 0 Å². The first-order valence-corrected chi connectivity index (χ1v) is 10.9. The third-order valence-electron chi connectivity index (χ3n) is 3.45. The van der Waals surface area contributed by atoms with Gasteiger partial charge in [-0.05, 0) is 12.8 Å². The van der Waals surface area contributed by atoms with Crippen LogP contribution in [0.2, 0.25) is 0 Å². The summed E-state index contributed by atoms with van der Waals surface area (Å²) in [5, 5.41) is 22.3. The number of rotatable bonds is 13. The minimum atomic E-state index is -4.46. The van der Waals surface area contributed by atoms with Gasteiger partial charge in [-0.3, -0.25) is 9.13 Å². The van der Waals surface area contributed by atoms with Gasteiger partial charge in [0.2, 0.25) is 0 Å². The second-order valence-electron chi connectivity index (χ2n) is 5.45. The Morgan fingerprint density at radius 3 is 1.04 bits per heavy atom. The van der Waals surface area contributed by atoms with Crippen molar-refractivity contribution in [3.8, 4) is 0 Å². The van der Waals surface area contributed by atoms with Crippen molar-refractivity contribution in [2.75, 3.05) is 0 Å². The van der Waals surface area contributed by atoms with E-state index < -0.39 is 26.1 Å². The van der Waals surface area contributed by atoms with Crippen LogP contribution in [-0.2, 0) is 9.13 Å². The molecule has 0 spiro atoms. The summed E-state index contributed by atoms with van der Waals surface area (Å²) < 4.78 is 21.8. The van der Waals surface area contributed by atoms with Crippen molar-refractivity contribution in [2.24, 2.45) is 10.3 Å². The van der Waals surface area contributed by atoms with Crippen molar-refractivity contribution in [2.45, 2.75) is 64.2 Å². The molecule has 0 rings (SSSR count). The molecule has 0 amide bonds. The fraction of sp³-hybridized carbons (Fsp3) is 0.833. The Labute approximate surface area is 140 Å². The summed E-state index contributed by atoms with van der Waals surface area (Å²) in [4.78, 5) is 35.4. The van der Waals surface area contributed by atoms with E-state index in [1.807, 2.05) is 0 Å². The quantitative estimate of drug-likeness (QED) is 0.0915. The number of hydrogen-bond acceptors (Lipinski definition) is 6. The molecule has 24 heavy (non-hydrogen) atoms. The Hall–Kier alpha value is -0.760. The lowest BCUT2D eigenvalue weighted by Crippen LogP contribution is -2.00. The summed E-state index contributed by atoms with van der Waals surface area (Å²) in [5.74, 6) is 0. The lowest BCUT2D eigenvalue weighted by molar-refractivity contribution is 0.314. The smallest absolute Gasteiger partial charge is 0.373 e. The topological polar surface area (TPSA) is 180 Å². The van der Waals surface area contributed by atoms with Crippen LogP contribution >= 0.6 is 15.2 Å². The van der Waals surface area contributed by atoms with Crippen LogP contribution in [-0.4, -0.2) is 40.9 Å². The molecule has 0 saturated heterocycles. The summed E-state index contributed by atoms with van der Waals surface area (Å²) in [7, 11) is -8.91. The molecule has 0 atom stereocenters. The molecule has 0 heterocycles. The maximum absolute atomic E-state index is 10.9. The lowest BCUT2D eigenvalue weighted by atomic mass is 10.1. The Morgan fingerprint density at radius 2 is 0.833 bits per heavy atom. The zero-order valence-corrected chi connectivity index (χ0v) is 15.1. The molecule has 0 aromatic carbocycles. The summed E-state index contributed by atoms with van der Waals surface area (Å²) in [5.41, 5.74) is -0.984. The van der Waals surface area contributed by atoms with Gasteiger partial charge in [0.05, 0.1) is 0 Å². The van der Waals surface area contributed by atoms with Gasteiger partial charge in [0.25, 0.3) is 0 Å². The molecule has 10 nitrogen and oxygen atoms in total. The van der Waals surface area contributed by atoms with Crippen molar-refractivity contribution >= 4 is 26.1 Å². The van der Waals surface area contributed by atoms with Crippen LogP contribution in [0.4, 0.5) is 0 Å². The summed E-state index contributed by atoms with van der Waals surface area (Å²) in [6, 6.07) is 0. The molecule has 0 unspecified atom stereocenters. The largest absolute Gasteiger partial charge is 0.410 e. The van der Waals surface area contributed by atoms with E-state index in [4.69, 9.17) is 30.0 Å². The molecule has 0 bridgehead atoms. The Kier molecular flexibility index (Phi) is 11.4. The van der Waals surface area contributed by atoms with Crippen LogP contribution in [0.5, 0.6) is 0 Å². The van der Waals surface area contributed by atoms with Crippen LogP contribution in [0.15, 0.2) is 10.3 Å². The second-order valence-corrected chi connectivity index (χ2v) is 8.66. The standard InChI is InChI=1S/C12H26N2O8P2/c15-13-11(23(17,18)19)9-7-5-3-1-2-4-6-8-10-12(14-16)24(20,21)22/h15-16H,1-10H2,(H2,17,18,19)(H2,20,21,22)/b13-11-,14-12-. The van der Waals surface area contributed by atoms with Crippen molar-refractivity contribution in [3.63, 3.8) is 0 Å². The lowest BCUT2D eigenvalue weighted by Gasteiger charge is -2.07. The molecular weight excluding hydrogens is 362 g/mol. The zero-order valence-electron chi connectivity index (χ0n) is 13.4. The summed E-state index contributed by atoms with van der Waals surface area (Å²) >= 11 is 0. The first kappa shape index (κ1) is 23.2. The van der Waals surface area contributed by atoms with Crippen molar-refractivity contribution in [1.29, 1.82) is 0 Å². The highest BCUT2D eigenvalue weighted by atomic mass is 31.2. The van der Waals surface area contributed by atoms with Gasteiger partial charge in [0, 0.05) is 12.8 Å². The van der Waals surface area contributed by atoms with Gasteiger partial charge in [0.1, 0.15) is 0 Å². The Bertz CT molecular complexity index is 465. The average molecular weight is 388 g/mol. The first-order valence-electron chi connectivity index (χ1n) is 7.67. The SMILES string of the molecule is O=P(O)(O)/C(CCCCCCCCCC/C(=N/O)P(=O)(O)O)=N\O. The summed E-state index contributed by atoms with van der Waals surface area (Å²) in [6.45, 7) is 0. The molecule has 0 aromatic rings. The number of unbranched alkanes of at least 4 members (excludes halogenated alkanes) is 7. The summed E-state index contributed by atoms with van der Waals surface area (Å²) in [6.07, 6.45) is 6.33. The number of hydrogen-bond donors (Lipinski definition) is 6. The molecule has 0 saturated carbocycles. The fourth-order valence-corrected chi connectivity index (χ4v) is 3.27. The van der Waals surface area contributed by atoms with Crippen molar-refractivity contribution in [3.05, 3.63) is 0 Å². The second kappa shape index (κ2) is 11.7. The highest BCUT2D eigenvalue weighted by Gasteiger charge is 2.23. The van der Waals surface area contributed by atoms with Crippen molar-refractivity contribution in [1.82, 2.24) is 0 Å². The normalized spacial score (nSPS) is 14.2. The minimum absolute atomic E-state index is 0.0619. The van der Waals surface area contributed by atoms with Crippen LogP contribution in [0.1, 0.15) is 64.2 Å². The van der Waals surface area contributed by atoms with Gasteiger partial charge in [-0.25, -0.2) is 0 Å². The van der Waals surface area contributed by atoms with Gasteiger partial charge in [0.15, 0.2) is 10.9 Å². The van der Waals surface area contributed by atoms with Crippen LogP contribution < -0.4 is 0 Å². The van der Waals surface area contributed by atoms with Gasteiger partial charge in [-0.1, -0.05) is 48.8 Å². The first-order chi connectivity index (χ1) is 11.1. The van der Waals surface area contributed by atoms with Gasteiger partial charge < -0.3 is 30.0 Å². The highest BCUT2D eigenvalue weighted by Crippen LogP contribution is 2.39. The molecule has 0 aliphatic carbocycles. The van der Waals surface area contributed by atoms with E-state index in [-0.39, 0.29) is 12.8 Å². The molecule has 0 aromatic heterocycles. The van der Waals surface area contributed by atoms with E-state index in [1.54, 1.807) is 0 Å². The van der Waals surface area contributed by atoms with E-state index in [0.29, 0.717) is 12.8 Å². The maximum atomic E-state index is 10.9. The molecule has 0 aliphatic heterocycles. The van der Waals surface area contributed by atoms with Gasteiger partial charge >= 0.3 is 15.2 Å². The van der Waals surface area contributed by atoms with E-state index >= 15 is 0 Å². The Morgan fingerprint density at radius 1 is 0.583 bits per heavy atom. The Balaban J connectivity index is 3.63. The molecule has 0 aliphatic rings. The number of oxime groups is 2. The van der Waals surface area contributed by atoms with Crippen molar-refractivity contribution < 1.29 is 39.1 Å². The molecule has 0 radical (unpaired) electrons. The fourth-order valence-electron chi connectivity index (χ4n) is 2.13. The molecule has 12 heteroatoms. The third-order valence-corrected chi connectivity index (χ3v) is 5.43. The predicted octanol–water partition coefficient (Wildman–Crippen LogP) is 2.82. The van der Waals surface area contributed by atoms with Crippen LogP contribution in [0.25, 0.3) is 0 Å². The molecule has 0 fully saturated rings. The average Bonchev–Trinajstić information content (AvgIpc) is 2.46. The number of nitrogens with zero attached hydrogens (tertiary/aromatic N) is 2.